The molecule has 1 heterocycles. The molecule has 1 saturated heterocycles. The number of nitrogens with zero attached hydrogens (tertiary/aromatic N) is 1. The van der Waals surface area contributed by atoms with Gasteiger partial charge in [0.05, 0.1) is 12.1 Å². The van der Waals surface area contributed by atoms with Crippen LogP contribution in [0.4, 0.5) is 4.79 Å². The highest BCUT2D eigenvalue weighted by atomic mass is 16.6. The zero-order valence-corrected chi connectivity index (χ0v) is 9.56. The van der Waals surface area contributed by atoms with Crippen LogP contribution in [0.1, 0.15) is 27.2 Å². The number of aliphatic hydroxyl groups is 1. The maximum Gasteiger partial charge on any atom is 0.410 e. The van der Waals surface area contributed by atoms with Gasteiger partial charge in [-0.1, -0.05) is 0 Å². The highest BCUT2D eigenvalue weighted by molar-refractivity contribution is 5.69. The van der Waals surface area contributed by atoms with Crippen LogP contribution in [-0.4, -0.2) is 46.9 Å². The molecule has 0 aromatic heterocycles. The lowest BCUT2D eigenvalue weighted by molar-refractivity contribution is 0.0166. The largest absolute Gasteiger partial charge is 0.444 e. The van der Waals surface area contributed by atoms with E-state index < -0.39 is 17.8 Å². The maximum absolute atomic E-state index is 11.7. The molecule has 0 unspecified atom stereocenters. The molecule has 15 heavy (non-hydrogen) atoms. The molecular weight excluding hydrogens is 196 g/mol. The Kier molecular flexibility index (Phi) is 3.57. The molecule has 0 aliphatic carbocycles. The molecule has 1 aliphatic rings. The van der Waals surface area contributed by atoms with E-state index in [1.165, 1.54) is 4.90 Å². The van der Waals surface area contributed by atoms with Gasteiger partial charge < -0.3 is 20.5 Å². The molecule has 5 heteroatoms. The number of nitrogens with two attached hydrogens (primary N) is 1. The zero-order valence-electron chi connectivity index (χ0n) is 9.56. The number of ether oxygens (including phenoxy) is 1. The van der Waals surface area contributed by atoms with E-state index in [1.807, 2.05) is 20.8 Å². The van der Waals surface area contributed by atoms with Crippen LogP contribution in [0.15, 0.2) is 0 Å². The number of rotatable bonds is 1. The van der Waals surface area contributed by atoms with Crippen molar-refractivity contribution in [2.24, 2.45) is 5.73 Å². The van der Waals surface area contributed by atoms with E-state index in [4.69, 9.17) is 10.5 Å². The second-order valence-corrected chi connectivity index (χ2v) is 4.83. The molecule has 0 saturated carbocycles. The second kappa shape index (κ2) is 4.37. The molecule has 1 fully saturated rings. The van der Waals surface area contributed by atoms with Gasteiger partial charge in [-0.3, -0.25) is 0 Å². The third kappa shape index (κ3) is 3.07. The molecule has 1 rings (SSSR count). The first-order valence-electron chi connectivity index (χ1n) is 5.23. The van der Waals surface area contributed by atoms with Gasteiger partial charge in [0.2, 0.25) is 0 Å². The third-order valence-electron chi connectivity index (χ3n) is 2.38. The summed E-state index contributed by atoms with van der Waals surface area (Å²) >= 11 is 0. The molecule has 0 bridgehead atoms. The number of hydrogen-bond acceptors (Lipinski definition) is 4. The Hall–Kier alpha value is -0.810. The Labute approximate surface area is 90.2 Å². The van der Waals surface area contributed by atoms with Crippen LogP contribution in [0.5, 0.6) is 0 Å². The van der Waals surface area contributed by atoms with Crippen LogP contribution in [0, 0.1) is 0 Å². The van der Waals surface area contributed by atoms with E-state index >= 15 is 0 Å². The highest BCUT2D eigenvalue weighted by Gasteiger charge is 2.37. The van der Waals surface area contributed by atoms with Gasteiger partial charge in [-0.05, 0) is 27.2 Å². The number of carbonyl (C=O) groups excluding carboxylic acids is 1. The lowest BCUT2D eigenvalue weighted by Crippen LogP contribution is -2.46. The Bertz CT molecular complexity index is 237. The van der Waals surface area contributed by atoms with Crippen molar-refractivity contribution in [2.45, 2.75) is 44.9 Å². The van der Waals surface area contributed by atoms with E-state index in [0.717, 1.165) is 0 Å². The summed E-state index contributed by atoms with van der Waals surface area (Å²) in [6, 6.07) is -0.306. The van der Waals surface area contributed by atoms with Crippen LogP contribution in [0.2, 0.25) is 0 Å². The number of carbonyl (C=O) groups is 1. The van der Waals surface area contributed by atoms with E-state index in [1.54, 1.807) is 0 Å². The van der Waals surface area contributed by atoms with Crippen LogP contribution in [-0.2, 0) is 4.74 Å². The van der Waals surface area contributed by atoms with Crippen molar-refractivity contribution in [1.29, 1.82) is 0 Å². The first-order valence-corrected chi connectivity index (χ1v) is 5.23. The lowest BCUT2D eigenvalue weighted by Gasteiger charge is -2.28. The minimum absolute atomic E-state index is 0.264. The van der Waals surface area contributed by atoms with Gasteiger partial charge in [-0.25, -0.2) is 4.79 Å². The first kappa shape index (κ1) is 12.3. The average molecular weight is 216 g/mol. The number of hydrogen-bond donors (Lipinski definition) is 2. The normalized spacial score (nSPS) is 26.9. The molecule has 2 atom stereocenters. The fourth-order valence-corrected chi connectivity index (χ4v) is 1.67. The summed E-state index contributed by atoms with van der Waals surface area (Å²) in [5.41, 5.74) is 5.00. The van der Waals surface area contributed by atoms with Gasteiger partial charge >= 0.3 is 6.09 Å². The topological polar surface area (TPSA) is 75.8 Å². The van der Waals surface area contributed by atoms with E-state index in [-0.39, 0.29) is 12.6 Å². The number of amides is 1. The lowest BCUT2D eigenvalue weighted by atomic mass is 10.2. The van der Waals surface area contributed by atoms with Crippen LogP contribution >= 0.6 is 0 Å². The van der Waals surface area contributed by atoms with Crippen molar-refractivity contribution in [2.75, 3.05) is 13.1 Å². The SMILES string of the molecule is CC(C)(C)OC(=O)N1CC[C@H](O)[C@H]1CN. The molecule has 0 aromatic rings. The molecule has 3 N–H and O–H groups in total. The molecule has 1 aliphatic heterocycles. The smallest absolute Gasteiger partial charge is 0.410 e. The highest BCUT2D eigenvalue weighted by Crippen LogP contribution is 2.20. The van der Waals surface area contributed by atoms with Crippen molar-refractivity contribution < 1.29 is 14.6 Å². The van der Waals surface area contributed by atoms with Crippen molar-refractivity contribution in [3.8, 4) is 0 Å². The molecule has 1 amide bonds. The summed E-state index contributed by atoms with van der Waals surface area (Å²) in [4.78, 5) is 13.2. The quantitative estimate of drug-likeness (QED) is 0.661. The van der Waals surface area contributed by atoms with Crippen molar-refractivity contribution in [3.05, 3.63) is 0 Å². The van der Waals surface area contributed by atoms with Gasteiger partial charge in [-0.15, -0.1) is 0 Å². The summed E-state index contributed by atoms with van der Waals surface area (Å²) in [6.45, 7) is 6.22. The third-order valence-corrected chi connectivity index (χ3v) is 2.38. The fraction of sp³-hybridized carbons (Fsp3) is 0.900. The molecular formula is C10H20N2O3. The predicted molar refractivity (Wildman–Crippen MR) is 56.4 cm³/mol. The van der Waals surface area contributed by atoms with E-state index in [2.05, 4.69) is 0 Å². The minimum Gasteiger partial charge on any atom is -0.444 e. The van der Waals surface area contributed by atoms with Gasteiger partial charge in [-0.2, -0.15) is 0 Å². The van der Waals surface area contributed by atoms with Gasteiger partial charge in [0, 0.05) is 13.1 Å². The first-order chi connectivity index (χ1) is 6.85. The molecule has 0 radical (unpaired) electrons. The summed E-state index contributed by atoms with van der Waals surface area (Å²) in [5, 5.41) is 9.58. The summed E-state index contributed by atoms with van der Waals surface area (Å²) < 4.78 is 5.22. The fourth-order valence-electron chi connectivity index (χ4n) is 1.67. The molecule has 88 valence electrons. The average Bonchev–Trinajstić information content (AvgIpc) is 2.43. The standard InChI is InChI=1S/C10H20N2O3/c1-10(2,3)15-9(14)12-5-4-8(13)7(12)6-11/h7-8,13H,4-6,11H2,1-3H3/t7-,8+/m1/s1. The summed E-state index contributed by atoms with van der Waals surface area (Å²) in [6.07, 6.45) is -0.349. The Morgan fingerprint density at radius 3 is 2.67 bits per heavy atom. The van der Waals surface area contributed by atoms with Gasteiger partial charge in [0.25, 0.3) is 0 Å². The van der Waals surface area contributed by atoms with Crippen molar-refractivity contribution in [1.82, 2.24) is 4.90 Å². The number of aliphatic hydroxyl groups excluding tert-OH is 1. The zero-order chi connectivity index (χ0) is 11.6. The van der Waals surface area contributed by atoms with Crippen LogP contribution in [0.3, 0.4) is 0 Å². The monoisotopic (exact) mass is 216 g/mol. The number of likely N-dealkylation sites (tertiary alicyclic amines) is 1. The van der Waals surface area contributed by atoms with Crippen molar-refractivity contribution >= 4 is 6.09 Å². The summed E-state index contributed by atoms with van der Waals surface area (Å²) in [7, 11) is 0. The predicted octanol–water partition coefficient (Wildman–Crippen LogP) is 0.315. The van der Waals surface area contributed by atoms with Crippen LogP contribution < -0.4 is 5.73 Å². The van der Waals surface area contributed by atoms with Crippen LogP contribution in [0.25, 0.3) is 0 Å². The summed E-state index contributed by atoms with van der Waals surface area (Å²) in [5.74, 6) is 0. The molecule has 0 aromatic carbocycles. The molecule has 5 nitrogen and oxygen atoms in total. The Morgan fingerprint density at radius 1 is 1.60 bits per heavy atom. The maximum atomic E-state index is 11.7. The second-order valence-electron chi connectivity index (χ2n) is 4.83. The molecule has 0 spiro atoms. The van der Waals surface area contributed by atoms with E-state index in [9.17, 15) is 9.90 Å². The van der Waals surface area contributed by atoms with E-state index in [0.29, 0.717) is 13.0 Å². The Morgan fingerprint density at radius 2 is 2.20 bits per heavy atom. The minimum atomic E-state index is -0.525. The van der Waals surface area contributed by atoms with Gasteiger partial charge in [0.1, 0.15) is 5.60 Å². The Balaban J connectivity index is 2.60. The van der Waals surface area contributed by atoms with Gasteiger partial charge in [0.15, 0.2) is 0 Å². The van der Waals surface area contributed by atoms with Crippen molar-refractivity contribution in [3.63, 3.8) is 0 Å².